The molecule has 1 aromatic carbocycles. The molecular weight excluding hydrogens is 311 g/mol. The Kier molecular flexibility index (Phi) is 7.77. The zero-order valence-corrected chi connectivity index (χ0v) is 14.4. The number of hydrogen-bond acceptors (Lipinski definition) is 4. The number of aliphatic imine (C=N–C) groups is 1. The summed E-state index contributed by atoms with van der Waals surface area (Å²) in [4.78, 5) is 6.56. The minimum atomic E-state index is -0.298. The average Bonchev–Trinajstić information content (AvgIpc) is 2.59. The van der Waals surface area contributed by atoms with Gasteiger partial charge in [0.25, 0.3) is 0 Å². The minimum Gasteiger partial charge on any atom is -0.489 e. The number of nitrogens with zero attached hydrogens (tertiary/aromatic N) is 2. The van der Waals surface area contributed by atoms with E-state index in [2.05, 4.69) is 20.5 Å². The summed E-state index contributed by atoms with van der Waals surface area (Å²) in [6.07, 6.45) is -0.107. The molecule has 1 unspecified atom stereocenters. The maximum atomic E-state index is 13.1. The van der Waals surface area contributed by atoms with E-state index in [0.29, 0.717) is 12.3 Å². The molecule has 0 aliphatic carbocycles. The molecule has 1 atom stereocenters. The normalized spacial score (nSPS) is 17.4. The summed E-state index contributed by atoms with van der Waals surface area (Å²) in [6.45, 7) is 7.85. The molecule has 1 aliphatic rings. The van der Waals surface area contributed by atoms with Gasteiger partial charge < -0.3 is 20.1 Å². The summed E-state index contributed by atoms with van der Waals surface area (Å²) in [6, 6.07) is 6.16. The first-order valence-corrected chi connectivity index (χ1v) is 8.34. The predicted octanol–water partition coefficient (Wildman–Crippen LogP) is 1.09. The molecule has 134 valence electrons. The van der Waals surface area contributed by atoms with Crippen molar-refractivity contribution in [2.24, 2.45) is 4.99 Å². The van der Waals surface area contributed by atoms with Gasteiger partial charge in [0.1, 0.15) is 17.7 Å². The number of morpholine rings is 1. The van der Waals surface area contributed by atoms with Gasteiger partial charge in [-0.25, -0.2) is 4.39 Å². The zero-order chi connectivity index (χ0) is 17.2. The topological polar surface area (TPSA) is 58.1 Å². The van der Waals surface area contributed by atoms with Gasteiger partial charge >= 0.3 is 0 Å². The lowest BCUT2D eigenvalue weighted by atomic mass is 10.3. The Bertz CT molecular complexity index is 521. The number of ether oxygens (including phenoxy) is 2. The van der Waals surface area contributed by atoms with E-state index in [9.17, 15) is 4.39 Å². The van der Waals surface area contributed by atoms with Crippen molar-refractivity contribution < 1.29 is 13.9 Å². The molecule has 1 fully saturated rings. The molecule has 2 N–H and O–H groups in total. The molecule has 0 bridgehead atoms. The molecule has 0 aromatic heterocycles. The molecule has 1 aliphatic heterocycles. The van der Waals surface area contributed by atoms with Crippen LogP contribution in [-0.4, -0.2) is 69.9 Å². The number of nitrogens with one attached hydrogen (secondary N) is 2. The second-order valence-corrected chi connectivity index (χ2v) is 5.72. The van der Waals surface area contributed by atoms with Gasteiger partial charge in [-0.1, -0.05) is 6.07 Å². The van der Waals surface area contributed by atoms with Gasteiger partial charge in [0, 0.05) is 39.3 Å². The predicted molar refractivity (Wildman–Crippen MR) is 93.1 cm³/mol. The van der Waals surface area contributed by atoms with Crippen molar-refractivity contribution in [3.8, 4) is 5.75 Å². The first kappa shape index (κ1) is 18.5. The Morgan fingerprint density at radius 3 is 2.88 bits per heavy atom. The van der Waals surface area contributed by atoms with Gasteiger partial charge in [0.05, 0.1) is 19.8 Å². The number of halogens is 1. The van der Waals surface area contributed by atoms with Crippen LogP contribution in [-0.2, 0) is 4.74 Å². The summed E-state index contributed by atoms with van der Waals surface area (Å²) in [7, 11) is 1.74. The molecular formula is C17H27FN4O2. The van der Waals surface area contributed by atoms with Crippen LogP contribution in [0.5, 0.6) is 5.75 Å². The average molecular weight is 338 g/mol. The van der Waals surface area contributed by atoms with Crippen LogP contribution >= 0.6 is 0 Å². The van der Waals surface area contributed by atoms with Crippen LogP contribution in [0.15, 0.2) is 29.3 Å². The van der Waals surface area contributed by atoms with E-state index in [1.54, 1.807) is 19.2 Å². The molecule has 0 amide bonds. The van der Waals surface area contributed by atoms with Crippen molar-refractivity contribution in [1.82, 2.24) is 15.5 Å². The third-order valence-electron chi connectivity index (χ3n) is 3.74. The van der Waals surface area contributed by atoms with Gasteiger partial charge in [-0.05, 0) is 19.1 Å². The third-order valence-corrected chi connectivity index (χ3v) is 3.74. The van der Waals surface area contributed by atoms with Crippen LogP contribution in [0.2, 0.25) is 0 Å². The molecule has 0 radical (unpaired) electrons. The fourth-order valence-corrected chi connectivity index (χ4v) is 2.43. The molecule has 1 saturated heterocycles. The highest BCUT2D eigenvalue weighted by atomic mass is 19.1. The zero-order valence-electron chi connectivity index (χ0n) is 14.4. The first-order chi connectivity index (χ1) is 11.7. The van der Waals surface area contributed by atoms with Crippen LogP contribution in [0.4, 0.5) is 4.39 Å². The summed E-state index contributed by atoms with van der Waals surface area (Å²) >= 11 is 0. The highest BCUT2D eigenvalue weighted by molar-refractivity contribution is 5.79. The van der Waals surface area contributed by atoms with Crippen LogP contribution in [0.3, 0.4) is 0 Å². The van der Waals surface area contributed by atoms with E-state index in [1.807, 2.05) is 6.92 Å². The smallest absolute Gasteiger partial charge is 0.191 e. The second-order valence-electron chi connectivity index (χ2n) is 5.72. The molecule has 2 rings (SSSR count). The Hall–Kier alpha value is -1.86. The van der Waals surface area contributed by atoms with E-state index in [-0.39, 0.29) is 11.9 Å². The van der Waals surface area contributed by atoms with Crippen LogP contribution < -0.4 is 15.4 Å². The van der Waals surface area contributed by atoms with Crippen molar-refractivity contribution >= 4 is 5.96 Å². The number of guanidine groups is 1. The number of benzene rings is 1. The largest absolute Gasteiger partial charge is 0.489 e. The highest BCUT2D eigenvalue weighted by Gasteiger charge is 2.10. The second kappa shape index (κ2) is 10.1. The number of rotatable bonds is 7. The SMILES string of the molecule is CN=C(NCCN1CCOCC1)NCC(C)Oc1cccc(F)c1. The third kappa shape index (κ3) is 6.72. The van der Waals surface area contributed by atoms with Crippen LogP contribution in [0.1, 0.15) is 6.92 Å². The highest BCUT2D eigenvalue weighted by Crippen LogP contribution is 2.13. The molecule has 1 heterocycles. The molecule has 6 nitrogen and oxygen atoms in total. The van der Waals surface area contributed by atoms with Crippen molar-refractivity contribution in [3.05, 3.63) is 30.1 Å². The molecule has 0 saturated carbocycles. The Morgan fingerprint density at radius 1 is 1.38 bits per heavy atom. The molecule has 0 spiro atoms. The maximum absolute atomic E-state index is 13.1. The summed E-state index contributed by atoms with van der Waals surface area (Å²) in [5.41, 5.74) is 0. The lowest BCUT2D eigenvalue weighted by molar-refractivity contribution is 0.0389. The van der Waals surface area contributed by atoms with Gasteiger partial charge in [0.15, 0.2) is 5.96 Å². The van der Waals surface area contributed by atoms with Crippen LogP contribution in [0.25, 0.3) is 0 Å². The molecule has 1 aromatic rings. The van der Waals surface area contributed by atoms with Gasteiger partial charge in [0.2, 0.25) is 0 Å². The van der Waals surface area contributed by atoms with E-state index >= 15 is 0 Å². The van der Waals surface area contributed by atoms with E-state index in [0.717, 1.165) is 45.4 Å². The number of hydrogen-bond donors (Lipinski definition) is 2. The lowest BCUT2D eigenvalue weighted by Crippen LogP contribution is -2.46. The van der Waals surface area contributed by atoms with Crippen molar-refractivity contribution in [2.75, 3.05) is 53.0 Å². The van der Waals surface area contributed by atoms with Gasteiger partial charge in [-0.15, -0.1) is 0 Å². The van der Waals surface area contributed by atoms with Crippen molar-refractivity contribution in [2.45, 2.75) is 13.0 Å². The Morgan fingerprint density at radius 2 is 2.17 bits per heavy atom. The summed E-state index contributed by atoms with van der Waals surface area (Å²) < 4.78 is 24.2. The Balaban J connectivity index is 1.65. The van der Waals surface area contributed by atoms with E-state index < -0.39 is 0 Å². The fourth-order valence-electron chi connectivity index (χ4n) is 2.43. The fraction of sp³-hybridized carbons (Fsp3) is 0.588. The van der Waals surface area contributed by atoms with Gasteiger partial charge in [-0.2, -0.15) is 0 Å². The first-order valence-electron chi connectivity index (χ1n) is 8.34. The summed E-state index contributed by atoms with van der Waals surface area (Å²) in [5.74, 6) is 0.964. The van der Waals surface area contributed by atoms with Crippen molar-refractivity contribution in [3.63, 3.8) is 0 Å². The van der Waals surface area contributed by atoms with E-state index in [1.165, 1.54) is 12.1 Å². The van der Waals surface area contributed by atoms with Gasteiger partial charge in [-0.3, -0.25) is 9.89 Å². The Labute approximate surface area is 143 Å². The lowest BCUT2D eigenvalue weighted by Gasteiger charge is -2.26. The quantitative estimate of drug-likeness (QED) is 0.576. The van der Waals surface area contributed by atoms with Crippen molar-refractivity contribution in [1.29, 1.82) is 0 Å². The maximum Gasteiger partial charge on any atom is 0.191 e. The molecule has 7 heteroatoms. The standard InChI is InChI=1S/C17H27FN4O2/c1-14(24-16-5-3-4-15(18)12-16)13-21-17(19-2)20-6-7-22-8-10-23-11-9-22/h3-5,12,14H,6-11,13H2,1-2H3,(H2,19,20,21). The van der Waals surface area contributed by atoms with E-state index in [4.69, 9.17) is 9.47 Å². The monoisotopic (exact) mass is 338 g/mol. The summed E-state index contributed by atoms with van der Waals surface area (Å²) in [5, 5.41) is 6.50. The van der Waals surface area contributed by atoms with Crippen LogP contribution in [0, 0.1) is 5.82 Å². The minimum absolute atomic E-state index is 0.107. The molecule has 24 heavy (non-hydrogen) atoms.